The average molecular weight is 646 g/mol. The smallest absolute Gasteiger partial charge is 0.427 e. The molecule has 1 heterocycles. The maximum Gasteiger partial charge on any atom is 0.427 e. The van der Waals surface area contributed by atoms with Crippen LogP contribution in [0.3, 0.4) is 0 Å². The van der Waals surface area contributed by atoms with Crippen molar-refractivity contribution in [3.05, 3.63) is 47.2 Å². The molecule has 0 aromatic heterocycles. The first kappa shape index (κ1) is 32.7. The van der Waals surface area contributed by atoms with Crippen LogP contribution in [0.15, 0.2) is 41.3 Å². The molecule has 0 unspecified atom stereocenters. The van der Waals surface area contributed by atoms with Gasteiger partial charge in [0.25, 0.3) is 10.0 Å². The van der Waals surface area contributed by atoms with Crippen molar-refractivity contribution in [2.75, 3.05) is 22.4 Å². The Morgan fingerprint density at radius 3 is 2.29 bits per heavy atom. The minimum atomic E-state index is -4.86. The van der Waals surface area contributed by atoms with E-state index in [1.165, 1.54) is 12.1 Å². The number of amides is 1. The van der Waals surface area contributed by atoms with Gasteiger partial charge in [-0.25, -0.2) is 30.7 Å². The Morgan fingerprint density at radius 1 is 1.10 bits per heavy atom. The Kier molecular flexibility index (Phi) is 8.86. The van der Waals surface area contributed by atoms with E-state index in [0.29, 0.717) is 13.8 Å². The number of sulfonamides is 2. The zero-order valence-corrected chi connectivity index (χ0v) is 24.9. The fourth-order valence-electron chi connectivity index (χ4n) is 4.03. The van der Waals surface area contributed by atoms with Gasteiger partial charge in [0.05, 0.1) is 28.4 Å². The fraction of sp³-hybridized carbons (Fsp3) is 0.458. The van der Waals surface area contributed by atoms with Crippen LogP contribution < -0.4 is 19.1 Å². The lowest BCUT2D eigenvalue weighted by Crippen LogP contribution is -2.50. The van der Waals surface area contributed by atoms with Gasteiger partial charge in [-0.05, 0) is 64.1 Å². The quantitative estimate of drug-likeness (QED) is 0.385. The van der Waals surface area contributed by atoms with Gasteiger partial charge in [-0.1, -0.05) is 11.6 Å². The van der Waals surface area contributed by atoms with Gasteiger partial charge < -0.3 is 9.47 Å². The minimum absolute atomic E-state index is 0.00253. The second kappa shape index (κ2) is 11.1. The van der Waals surface area contributed by atoms with Gasteiger partial charge in [0, 0.05) is 17.6 Å². The van der Waals surface area contributed by atoms with Crippen LogP contribution in [0.25, 0.3) is 0 Å². The van der Waals surface area contributed by atoms with Crippen molar-refractivity contribution in [3.63, 3.8) is 0 Å². The fourth-order valence-corrected chi connectivity index (χ4v) is 6.89. The Hall–Kier alpha value is -2.82. The summed E-state index contributed by atoms with van der Waals surface area (Å²) in [5.74, 6) is -0.853. The van der Waals surface area contributed by atoms with Crippen molar-refractivity contribution in [2.24, 2.45) is 0 Å². The first-order chi connectivity index (χ1) is 18.5. The molecule has 1 atom stereocenters. The highest BCUT2D eigenvalue weighted by molar-refractivity contribution is 7.92. The number of halogens is 5. The summed E-state index contributed by atoms with van der Waals surface area (Å²) < 4.78 is 118. The second-order valence-electron chi connectivity index (χ2n) is 10.5. The number of alkyl halides is 3. The zero-order valence-electron chi connectivity index (χ0n) is 22.5. The SMILES string of the molecule is CC(C)(C[C@H]1CN(S(=O)(=O)c2ccc(F)c(Cl)c2)c2cc(NC(=O)OC(C)(C)C(F)(F)F)ccc2O1)NS(C)(=O)=O. The van der Waals surface area contributed by atoms with E-state index >= 15 is 0 Å². The van der Waals surface area contributed by atoms with E-state index in [1.54, 1.807) is 13.8 Å². The largest absolute Gasteiger partial charge is 0.486 e. The highest BCUT2D eigenvalue weighted by atomic mass is 35.5. The van der Waals surface area contributed by atoms with E-state index < -0.39 is 60.4 Å². The van der Waals surface area contributed by atoms with E-state index in [2.05, 4.69) is 14.8 Å². The molecule has 41 heavy (non-hydrogen) atoms. The Balaban J connectivity index is 2.01. The van der Waals surface area contributed by atoms with Gasteiger partial charge in [0.1, 0.15) is 17.7 Å². The van der Waals surface area contributed by atoms with Crippen LogP contribution in [0.5, 0.6) is 5.75 Å². The third kappa shape index (κ3) is 7.93. The molecule has 2 aromatic rings. The van der Waals surface area contributed by atoms with Crippen LogP contribution in [0.1, 0.15) is 34.1 Å². The molecule has 1 amide bonds. The lowest BCUT2D eigenvalue weighted by Gasteiger charge is -2.38. The number of ether oxygens (including phenoxy) is 2. The first-order valence-electron chi connectivity index (χ1n) is 11.8. The number of benzene rings is 2. The maximum atomic E-state index is 13.8. The summed E-state index contributed by atoms with van der Waals surface area (Å²) in [5, 5.41) is 1.68. The van der Waals surface area contributed by atoms with Crippen molar-refractivity contribution in [1.82, 2.24) is 4.72 Å². The molecule has 0 aliphatic carbocycles. The van der Waals surface area contributed by atoms with Crippen LogP contribution in [-0.2, 0) is 24.8 Å². The van der Waals surface area contributed by atoms with Crippen LogP contribution in [0, 0.1) is 5.82 Å². The summed E-state index contributed by atoms with van der Waals surface area (Å²) in [6, 6.07) is 6.45. The average Bonchev–Trinajstić information content (AvgIpc) is 2.77. The van der Waals surface area contributed by atoms with Crippen LogP contribution in [0.4, 0.5) is 33.7 Å². The van der Waals surface area contributed by atoms with Gasteiger partial charge in [0.15, 0.2) is 0 Å². The predicted octanol–water partition coefficient (Wildman–Crippen LogP) is 5.04. The summed E-state index contributed by atoms with van der Waals surface area (Å²) in [5.41, 5.74) is -4.11. The van der Waals surface area contributed by atoms with Gasteiger partial charge in [-0.3, -0.25) is 9.62 Å². The van der Waals surface area contributed by atoms with Gasteiger partial charge >= 0.3 is 12.3 Å². The molecule has 2 aromatic carbocycles. The number of carbonyl (C=O) groups is 1. The van der Waals surface area contributed by atoms with Crippen molar-refractivity contribution in [2.45, 2.75) is 62.4 Å². The lowest BCUT2D eigenvalue weighted by atomic mass is 9.97. The lowest BCUT2D eigenvalue weighted by molar-refractivity contribution is -0.242. The number of rotatable bonds is 8. The number of nitrogens with one attached hydrogen (secondary N) is 2. The van der Waals surface area contributed by atoms with E-state index in [4.69, 9.17) is 16.3 Å². The normalized spacial score (nSPS) is 16.5. The Morgan fingerprint density at radius 2 is 1.73 bits per heavy atom. The van der Waals surface area contributed by atoms with Gasteiger partial charge in [-0.15, -0.1) is 0 Å². The van der Waals surface area contributed by atoms with Crippen molar-refractivity contribution in [3.8, 4) is 5.75 Å². The molecule has 0 fully saturated rings. The molecule has 1 aliphatic rings. The number of hydrogen-bond donors (Lipinski definition) is 2. The number of nitrogens with zero attached hydrogens (tertiary/aromatic N) is 1. The van der Waals surface area contributed by atoms with E-state index in [-0.39, 0.29) is 35.0 Å². The number of hydrogen-bond acceptors (Lipinski definition) is 7. The third-order valence-corrected chi connectivity index (χ3v) is 8.84. The highest BCUT2D eigenvalue weighted by Crippen LogP contribution is 2.41. The summed E-state index contributed by atoms with van der Waals surface area (Å²) >= 11 is 5.81. The molecule has 17 heteroatoms. The summed E-state index contributed by atoms with van der Waals surface area (Å²) in [6.45, 7) is 4.12. The zero-order chi connectivity index (χ0) is 31.2. The molecule has 0 radical (unpaired) electrons. The number of anilines is 2. The van der Waals surface area contributed by atoms with Gasteiger partial charge in [0.2, 0.25) is 15.6 Å². The monoisotopic (exact) mass is 645 g/mol. The number of carbonyl (C=O) groups excluding carboxylic acids is 1. The van der Waals surface area contributed by atoms with Crippen molar-refractivity contribution in [1.29, 1.82) is 0 Å². The highest BCUT2D eigenvalue weighted by Gasteiger charge is 2.51. The van der Waals surface area contributed by atoms with Crippen molar-refractivity contribution >= 4 is 49.1 Å². The van der Waals surface area contributed by atoms with Gasteiger partial charge in [-0.2, -0.15) is 13.2 Å². The molecule has 10 nitrogen and oxygen atoms in total. The second-order valence-corrected chi connectivity index (χ2v) is 14.5. The summed E-state index contributed by atoms with van der Waals surface area (Å²) in [4.78, 5) is 11.9. The predicted molar refractivity (Wildman–Crippen MR) is 144 cm³/mol. The van der Waals surface area contributed by atoms with Crippen molar-refractivity contribution < 1.29 is 48.7 Å². The summed E-state index contributed by atoms with van der Waals surface area (Å²) in [7, 11) is -8.10. The standard InChI is InChI=1S/C24H28ClF4N3O7S2/c1-22(2,31-40(5,34)35)12-15-13-32(41(36,37)16-7-8-18(26)17(25)11-16)19-10-14(6-9-20(19)38-15)30-21(33)39-23(3,4)24(27,28)29/h6-11,15,31H,12-13H2,1-5H3,(H,30,33)/t15-/m0/s1. The molecule has 228 valence electrons. The van der Waals surface area contributed by atoms with Crippen LogP contribution >= 0.6 is 11.6 Å². The van der Waals surface area contributed by atoms with Crippen LogP contribution in [-0.4, -0.2) is 59.1 Å². The third-order valence-electron chi connectivity index (χ3n) is 5.85. The molecule has 0 spiro atoms. The van der Waals surface area contributed by atoms with E-state index in [9.17, 15) is 39.2 Å². The molecule has 2 N–H and O–H groups in total. The Bertz CT molecular complexity index is 1550. The molecule has 1 aliphatic heterocycles. The topological polar surface area (TPSA) is 131 Å². The molecule has 0 saturated carbocycles. The molecular formula is C24H28ClF4N3O7S2. The maximum absolute atomic E-state index is 13.8. The molecule has 3 rings (SSSR count). The van der Waals surface area contributed by atoms with E-state index in [1.807, 2.05) is 0 Å². The molecule has 0 bridgehead atoms. The number of fused-ring (bicyclic) bond motifs is 1. The molecule has 0 saturated heterocycles. The first-order valence-corrected chi connectivity index (χ1v) is 15.6. The molecular weight excluding hydrogens is 618 g/mol. The minimum Gasteiger partial charge on any atom is -0.486 e. The summed E-state index contributed by atoms with van der Waals surface area (Å²) in [6.07, 6.45) is -6.22. The van der Waals surface area contributed by atoms with Crippen LogP contribution in [0.2, 0.25) is 5.02 Å². The Labute approximate surface area is 240 Å². The van der Waals surface area contributed by atoms with E-state index in [0.717, 1.165) is 34.8 Å².